The minimum absolute atomic E-state index is 0.00805. The number of hydrogen-bond acceptors (Lipinski definition) is 4. The van der Waals surface area contributed by atoms with Gasteiger partial charge in [0.25, 0.3) is 0 Å². The van der Waals surface area contributed by atoms with Crippen molar-refractivity contribution in [2.24, 2.45) is 20.0 Å². The van der Waals surface area contributed by atoms with Crippen LogP contribution in [0.5, 0.6) is 0 Å². The number of aryl methyl sites for hydroxylation is 2. The average Bonchev–Trinajstić information content (AvgIpc) is 3.25. The summed E-state index contributed by atoms with van der Waals surface area (Å²) in [6.07, 6.45) is 5.43. The van der Waals surface area contributed by atoms with Crippen LogP contribution in [0.3, 0.4) is 0 Å². The number of carbonyl (C=O) groups excluding carboxylic acids is 2. The van der Waals surface area contributed by atoms with Gasteiger partial charge in [-0.2, -0.15) is 10.2 Å². The molecule has 2 atom stereocenters. The Hall–Kier alpha value is -2.64. The summed E-state index contributed by atoms with van der Waals surface area (Å²) in [7, 11) is 5.40. The monoisotopic (exact) mass is 344 g/mol. The molecule has 1 fully saturated rings. The van der Waals surface area contributed by atoms with E-state index < -0.39 is 5.92 Å². The van der Waals surface area contributed by atoms with E-state index in [0.717, 1.165) is 16.9 Å². The molecule has 0 N–H and O–H groups in total. The van der Waals surface area contributed by atoms with Gasteiger partial charge in [-0.1, -0.05) is 0 Å². The van der Waals surface area contributed by atoms with E-state index in [1.807, 2.05) is 27.9 Å². The number of carbonyl (C=O) groups is 2. The summed E-state index contributed by atoms with van der Waals surface area (Å²) < 4.78 is 3.43. The fourth-order valence-electron chi connectivity index (χ4n) is 3.53. The minimum Gasteiger partial charge on any atom is -0.335 e. The molecular formula is C17H24N6O2. The van der Waals surface area contributed by atoms with Crippen LogP contribution in [0, 0.1) is 12.8 Å². The predicted molar refractivity (Wildman–Crippen MR) is 92.8 cm³/mol. The quantitative estimate of drug-likeness (QED) is 0.830. The fraction of sp³-hybridized carbons (Fsp3) is 0.529. The summed E-state index contributed by atoms with van der Waals surface area (Å²) in [6.45, 7) is 4.47. The van der Waals surface area contributed by atoms with Gasteiger partial charge in [0.2, 0.25) is 11.8 Å². The number of anilines is 1. The first-order valence-corrected chi connectivity index (χ1v) is 8.39. The van der Waals surface area contributed by atoms with Crippen LogP contribution in [0.4, 0.5) is 5.69 Å². The van der Waals surface area contributed by atoms with Crippen molar-refractivity contribution >= 4 is 17.5 Å². The van der Waals surface area contributed by atoms with Gasteiger partial charge in [0.1, 0.15) is 0 Å². The Bertz CT molecular complexity index is 808. The molecule has 8 heteroatoms. The Balaban J connectivity index is 1.96. The molecule has 2 aromatic rings. The normalized spacial score (nSPS) is 20.4. The van der Waals surface area contributed by atoms with E-state index in [9.17, 15) is 9.59 Å². The van der Waals surface area contributed by atoms with Crippen LogP contribution >= 0.6 is 0 Å². The number of rotatable bonds is 4. The Labute approximate surface area is 147 Å². The highest BCUT2D eigenvalue weighted by molar-refractivity contribution is 5.99. The molecule has 3 heterocycles. The molecule has 0 saturated carbocycles. The van der Waals surface area contributed by atoms with Gasteiger partial charge in [-0.15, -0.1) is 0 Å². The summed E-state index contributed by atoms with van der Waals surface area (Å²) in [5.41, 5.74) is 2.63. The number of amides is 2. The lowest BCUT2D eigenvalue weighted by molar-refractivity contribution is -0.129. The van der Waals surface area contributed by atoms with E-state index in [2.05, 4.69) is 10.2 Å². The molecule has 0 spiro atoms. The highest BCUT2D eigenvalue weighted by atomic mass is 16.2. The third-order valence-corrected chi connectivity index (χ3v) is 5.09. The van der Waals surface area contributed by atoms with E-state index >= 15 is 0 Å². The zero-order valence-corrected chi connectivity index (χ0v) is 15.3. The second-order valence-corrected chi connectivity index (χ2v) is 6.51. The molecule has 8 nitrogen and oxygen atoms in total. The van der Waals surface area contributed by atoms with E-state index in [-0.39, 0.29) is 24.3 Å². The van der Waals surface area contributed by atoms with Gasteiger partial charge in [-0.3, -0.25) is 19.0 Å². The van der Waals surface area contributed by atoms with Crippen LogP contribution in [-0.2, 0) is 23.7 Å². The molecule has 134 valence electrons. The van der Waals surface area contributed by atoms with Crippen molar-refractivity contribution in [1.82, 2.24) is 24.5 Å². The van der Waals surface area contributed by atoms with Gasteiger partial charge in [0, 0.05) is 51.6 Å². The summed E-state index contributed by atoms with van der Waals surface area (Å²) in [5, 5.41) is 8.41. The molecular weight excluding hydrogens is 320 g/mol. The van der Waals surface area contributed by atoms with Gasteiger partial charge in [0.15, 0.2) is 0 Å². The topological polar surface area (TPSA) is 76.3 Å². The second-order valence-electron chi connectivity index (χ2n) is 6.51. The van der Waals surface area contributed by atoms with Gasteiger partial charge >= 0.3 is 0 Å². The van der Waals surface area contributed by atoms with Gasteiger partial charge < -0.3 is 9.80 Å². The van der Waals surface area contributed by atoms with Gasteiger partial charge in [-0.05, 0) is 13.8 Å². The van der Waals surface area contributed by atoms with Crippen LogP contribution in [0.15, 0.2) is 18.6 Å². The van der Waals surface area contributed by atoms with E-state index in [0.29, 0.717) is 6.54 Å². The molecule has 0 aliphatic carbocycles. The summed E-state index contributed by atoms with van der Waals surface area (Å²) in [5.74, 6) is -0.500. The molecule has 0 radical (unpaired) electrons. The van der Waals surface area contributed by atoms with Crippen molar-refractivity contribution in [1.29, 1.82) is 0 Å². The zero-order chi connectivity index (χ0) is 18.3. The third-order valence-electron chi connectivity index (χ3n) is 5.09. The number of nitrogens with zero attached hydrogens (tertiary/aromatic N) is 6. The lowest BCUT2D eigenvalue weighted by Crippen LogP contribution is -2.37. The van der Waals surface area contributed by atoms with Crippen LogP contribution in [0.2, 0.25) is 0 Å². The minimum atomic E-state index is -0.430. The molecule has 0 aromatic carbocycles. The molecule has 0 bridgehead atoms. The van der Waals surface area contributed by atoms with Crippen LogP contribution in [0.25, 0.3) is 0 Å². The molecule has 1 saturated heterocycles. The average molecular weight is 344 g/mol. The molecule has 1 aliphatic rings. The summed E-state index contributed by atoms with van der Waals surface area (Å²) in [4.78, 5) is 29.0. The second kappa shape index (κ2) is 6.34. The first-order valence-electron chi connectivity index (χ1n) is 8.39. The maximum absolute atomic E-state index is 13.1. The smallest absolute Gasteiger partial charge is 0.232 e. The van der Waals surface area contributed by atoms with Crippen LogP contribution < -0.4 is 4.90 Å². The number of aromatic nitrogens is 4. The Morgan fingerprint density at radius 2 is 2.04 bits per heavy atom. The van der Waals surface area contributed by atoms with Crippen molar-refractivity contribution in [3.8, 4) is 0 Å². The zero-order valence-electron chi connectivity index (χ0n) is 15.3. The predicted octanol–water partition coefficient (Wildman–Crippen LogP) is 1.03. The molecule has 25 heavy (non-hydrogen) atoms. The fourth-order valence-corrected chi connectivity index (χ4v) is 3.53. The van der Waals surface area contributed by atoms with E-state index in [1.165, 1.54) is 0 Å². The standard InChI is InChI=1S/C17H24N6O2/c1-6-23-15(24)7-13(16(23)14-9-19-22(5)11(14)2)17(25)21(4)12-8-18-20(3)10-12/h8-10,13,16H,6-7H2,1-5H3/t13-,16-/m0/s1. The highest BCUT2D eigenvalue weighted by Crippen LogP contribution is 2.40. The number of likely N-dealkylation sites (tertiary alicyclic amines) is 1. The van der Waals surface area contributed by atoms with Crippen LogP contribution in [0.1, 0.15) is 30.6 Å². The molecule has 3 rings (SSSR count). The maximum Gasteiger partial charge on any atom is 0.232 e. The van der Waals surface area contributed by atoms with Crippen LogP contribution in [-0.4, -0.2) is 49.9 Å². The van der Waals surface area contributed by atoms with Crippen molar-refractivity contribution in [2.75, 3.05) is 18.5 Å². The van der Waals surface area contributed by atoms with Crippen molar-refractivity contribution in [2.45, 2.75) is 26.3 Å². The highest BCUT2D eigenvalue weighted by Gasteiger charge is 2.46. The SMILES string of the molecule is CCN1C(=O)C[C@H](C(=O)N(C)c2cnn(C)c2)[C@H]1c1cnn(C)c1C. The third kappa shape index (κ3) is 2.81. The summed E-state index contributed by atoms with van der Waals surface area (Å²) in [6, 6.07) is -0.280. The van der Waals surface area contributed by atoms with Gasteiger partial charge in [0.05, 0.1) is 30.0 Å². The molecule has 1 aliphatic heterocycles. The van der Waals surface area contributed by atoms with Crippen molar-refractivity contribution < 1.29 is 9.59 Å². The Morgan fingerprint density at radius 1 is 1.32 bits per heavy atom. The molecule has 2 aromatic heterocycles. The first kappa shape index (κ1) is 17.2. The van der Waals surface area contributed by atoms with Crippen molar-refractivity contribution in [3.63, 3.8) is 0 Å². The lowest BCUT2D eigenvalue weighted by Gasteiger charge is -2.28. The van der Waals surface area contributed by atoms with E-state index in [4.69, 9.17) is 0 Å². The number of hydrogen-bond donors (Lipinski definition) is 0. The summed E-state index contributed by atoms with van der Waals surface area (Å²) >= 11 is 0. The van der Waals surface area contributed by atoms with E-state index in [1.54, 1.807) is 44.8 Å². The largest absolute Gasteiger partial charge is 0.335 e. The maximum atomic E-state index is 13.1. The molecule has 2 amide bonds. The Morgan fingerprint density at radius 3 is 2.56 bits per heavy atom. The molecule has 0 unspecified atom stereocenters. The lowest BCUT2D eigenvalue weighted by atomic mass is 9.92. The Kier molecular flexibility index (Phi) is 4.36. The van der Waals surface area contributed by atoms with Gasteiger partial charge in [-0.25, -0.2) is 0 Å². The van der Waals surface area contributed by atoms with Crippen molar-refractivity contribution in [3.05, 3.63) is 29.8 Å². The first-order chi connectivity index (χ1) is 11.8.